The maximum Gasteiger partial charge on any atom is 0.289 e. The van der Waals surface area contributed by atoms with E-state index < -0.39 is 4.92 Å². The first-order valence-corrected chi connectivity index (χ1v) is 5.06. The van der Waals surface area contributed by atoms with Crippen LogP contribution in [-0.4, -0.2) is 34.7 Å². The summed E-state index contributed by atoms with van der Waals surface area (Å²) in [6, 6.07) is 3.12. The van der Waals surface area contributed by atoms with Gasteiger partial charge < -0.3 is 10.0 Å². The van der Waals surface area contributed by atoms with Gasteiger partial charge in [0.25, 0.3) is 5.69 Å². The highest BCUT2D eigenvalue weighted by Crippen LogP contribution is 2.27. The van der Waals surface area contributed by atoms with E-state index in [9.17, 15) is 10.1 Å². The third kappa shape index (κ3) is 2.03. The maximum absolute atomic E-state index is 10.5. The van der Waals surface area contributed by atoms with E-state index in [1.807, 2.05) is 11.0 Å². The van der Waals surface area contributed by atoms with Crippen LogP contribution in [0.15, 0.2) is 12.3 Å². The molecule has 2 heterocycles. The molecule has 0 spiro atoms. The zero-order valence-electron chi connectivity index (χ0n) is 8.91. The molecule has 0 atom stereocenters. The topological polar surface area (TPSA) is 103 Å². The highest BCUT2D eigenvalue weighted by Gasteiger charge is 2.29. The van der Waals surface area contributed by atoms with Crippen molar-refractivity contribution in [3.63, 3.8) is 0 Å². The van der Waals surface area contributed by atoms with Crippen molar-refractivity contribution < 1.29 is 10.0 Å². The summed E-state index contributed by atoms with van der Waals surface area (Å²) in [6.45, 7) is 1.34. The van der Waals surface area contributed by atoms with Gasteiger partial charge in [-0.25, -0.2) is 4.98 Å². The van der Waals surface area contributed by atoms with Gasteiger partial charge in [0.2, 0.25) is 0 Å². The van der Waals surface area contributed by atoms with E-state index in [1.165, 1.54) is 6.07 Å². The first-order chi connectivity index (χ1) is 8.15. The lowest BCUT2D eigenvalue weighted by Crippen LogP contribution is -2.49. The van der Waals surface area contributed by atoms with Gasteiger partial charge in [0.1, 0.15) is 23.6 Å². The molecule has 7 nitrogen and oxygen atoms in total. The second-order valence-electron chi connectivity index (χ2n) is 3.89. The molecule has 0 aromatic carbocycles. The Labute approximate surface area is 97.1 Å². The van der Waals surface area contributed by atoms with Crippen molar-refractivity contribution in [1.29, 1.82) is 5.26 Å². The molecule has 1 saturated heterocycles. The summed E-state index contributed by atoms with van der Waals surface area (Å²) in [5.74, 6) is 0.640. The normalized spacial score (nSPS) is 15.2. The molecule has 2 rings (SSSR count). The fourth-order valence-electron chi connectivity index (χ4n) is 1.74. The molecule has 0 unspecified atom stereocenters. The largest absolute Gasteiger partial charge is 0.396 e. The van der Waals surface area contributed by atoms with Crippen LogP contribution in [0, 0.1) is 27.4 Å². The molecule has 1 aliphatic rings. The number of aliphatic hydroxyl groups is 1. The minimum Gasteiger partial charge on any atom is -0.396 e. The van der Waals surface area contributed by atoms with Crippen LogP contribution in [0.5, 0.6) is 0 Å². The Bertz CT molecular complexity index is 491. The average molecular weight is 234 g/mol. The van der Waals surface area contributed by atoms with Crippen molar-refractivity contribution in [2.24, 2.45) is 5.92 Å². The molecule has 1 aliphatic heterocycles. The van der Waals surface area contributed by atoms with Crippen LogP contribution in [0.1, 0.15) is 5.56 Å². The zero-order chi connectivity index (χ0) is 12.4. The lowest BCUT2D eigenvalue weighted by molar-refractivity contribution is -0.385. The number of hydrogen-bond donors (Lipinski definition) is 1. The fourth-order valence-corrected chi connectivity index (χ4v) is 1.74. The lowest BCUT2D eigenvalue weighted by Gasteiger charge is -2.39. The number of nitro groups is 1. The predicted molar refractivity (Wildman–Crippen MR) is 58.4 cm³/mol. The second kappa shape index (κ2) is 4.35. The number of aliphatic hydroxyl groups excluding tert-OH is 1. The maximum atomic E-state index is 10.5. The van der Waals surface area contributed by atoms with Gasteiger partial charge in [-0.3, -0.25) is 10.1 Å². The number of aromatic nitrogens is 1. The van der Waals surface area contributed by atoms with Gasteiger partial charge in [-0.2, -0.15) is 5.26 Å². The van der Waals surface area contributed by atoms with Crippen LogP contribution >= 0.6 is 0 Å². The summed E-state index contributed by atoms with van der Waals surface area (Å²) in [6.07, 6.45) is 1.14. The van der Waals surface area contributed by atoms with Gasteiger partial charge in [0, 0.05) is 31.7 Å². The number of pyridine rings is 1. The second-order valence-corrected chi connectivity index (χ2v) is 3.89. The molecule has 1 fully saturated rings. The number of hydrogen-bond acceptors (Lipinski definition) is 6. The molecule has 7 heteroatoms. The zero-order valence-corrected chi connectivity index (χ0v) is 8.91. The van der Waals surface area contributed by atoms with Gasteiger partial charge in [-0.05, 0) is 0 Å². The number of rotatable bonds is 3. The Morgan fingerprint density at radius 3 is 2.94 bits per heavy atom. The molecule has 0 saturated carbocycles. The Morgan fingerprint density at radius 1 is 1.71 bits per heavy atom. The molecule has 0 bridgehead atoms. The van der Waals surface area contributed by atoms with Crippen molar-refractivity contribution >= 4 is 11.5 Å². The Balaban J connectivity index is 2.24. The summed E-state index contributed by atoms with van der Waals surface area (Å²) in [5.41, 5.74) is 0.000112. The van der Waals surface area contributed by atoms with Crippen LogP contribution in [0.3, 0.4) is 0 Å². The first kappa shape index (κ1) is 11.3. The van der Waals surface area contributed by atoms with E-state index in [0.717, 1.165) is 6.20 Å². The third-order valence-corrected chi connectivity index (χ3v) is 2.70. The molecule has 0 aliphatic carbocycles. The van der Waals surface area contributed by atoms with Crippen molar-refractivity contribution in [3.05, 3.63) is 27.9 Å². The molecule has 1 aromatic heterocycles. The minimum absolute atomic E-state index is 0.103. The summed E-state index contributed by atoms with van der Waals surface area (Å²) in [4.78, 5) is 15.7. The Hall–Kier alpha value is -2.20. The molecule has 1 N–H and O–H groups in total. The van der Waals surface area contributed by atoms with Crippen LogP contribution < -0.4 is 4.90 Å². The minimum atomic E-state index is -0.579. The lowest BCUT2D eigenvalue weighted by atomic mass is 10.0. The SMILES string of the molecule is N#Cc1cc([N+](=O)[O-])cnc1N1CC(CO)C1. The summed E-state index contributed by atoms with van der Waals surface area (Å²) < 4.78 is 0. The van der Waals surface area contributed by atoms with E-state index in [0.29, 0.717) is 18.9 Å². The molecular weight excluding hydrogens is 224 g/mol. The Kier molecular flexibility index (Phi) is 2.89. The van der Waals surface area contributed by atoms with Crippen molar-refractivity contribution in [1.82, 2.24) is 4.98 Å². The first-order valence-electron chi connectivity index (χ1n) is 5.06. The van der Waals surface area contributed by atoms with Gasteiger partial charge in [-0.1, -0.05) is 0 Å². The monoisotopic (exact) mass is 234 g/mol. The predicted octanol–water partition coefficient (Wildman–Crippen LogP) is 0.290. The fraction of sp³-hybridized carbons (Fsp3) is 0.400. The van der Waals surface area contributed by atoms with E-state index in [4.69, 9.17) is 10.4 Å². The highest BCUT2D eigenvalue weighted by atomic mass is 16.6. The molecule has 17 heavy (non-hydrogen) atoms. The van der Waals surface area contributed by atoms with E-state index in [1.54, 1.807) is 0 Å². The van der Waals surface area contributed by atoms with E-state index in [-0.39, 0.29) is 23.8 Å². The van der Waals surface area contributed by atoms with Crippen LogP contribution in [0.25, 0.3) is 0 Å². The quantitative estimate of drug-likeness (QED) is 0.595. The van der Waals surface area contributed by atoms with Crippen LogP contribution in [0.2, 0.25) is 0 Å². The highest BCUT2D eigenvalue weighted by molar-refractivity contribution is 5.58. The molecule has 0 amide bonds. The van der Waals surface area contributed by atoms with Crippen molar-refractivity contribution in [3.8, 4) is 6.07 Å². The summed E-state index contributed by atoms with van der Waals surface area (Å²) in [5, 5.41) is 28.4. The van der Waals surface area contributed by atoms with Gasteiger partial charge in [0.05, 0.1) is 4.92 Å². The van der Waals surface area contributed by atoms with E-state index in [2.05, 4.69) is 4.98 Å². The number of anilines is 1. The van der Waals surface area contributed by atoms with Crippen LogP contribution in [-0.2, 0) is 0 Å². The van der Waals surface area contributed by atoms with E-state index >= 15 is 0 Å². The molecular formula is C10H10N4O3. The summed E-state index contributed by atoms with van der Waals surface area (Å²) >= 11 is 0. The van der Waals surface area contributed by atoms with Crippen LogP contribution in [0.4, 0.5) is 11.5 Å². The summed E-state index contributed by atoms with van der Waals surface area (Å²) in [7, 11) is 0. The van der Waals surface area contributed by atoms with Crippen molar-refractivity contribution in [2.45, 2.75) is 0 Å². The van der Waals surface area contributed by atoms with Gasteiger partial charge in [0.15, 0.2) is 0 Å². The molecule has 0 radical (unpaired) electrons. The van der Waals surface area contributed by atoms with Gasteiger partial charge in [-0.15, -0.1) is 0 Å². The standard InChI is InChI=1S/C10H10N4O3/c11-2-8-1-9(14(16)17)3-12-10(8)13-4-7(5-13)6-15/h1,3,7,15H,4-6H2. The third-order valence-electron chi connectivity index (χ3n) is 2.70. The van der Waals surface area contributed by atoms with Crippen molar-refractivity contribution in [2.75, 3.05) is 24.6 Å². The van der Waals surface area contributed by atoms with Gasteiger partial charge >= 0.3 is 0 Å². The molecule has 88 valence electrons. The smallest absolute Gasteiger partial charge is 0.289 e. The number of nitriles is 1. The average Bonchev–Trinajstić information content (AvgIpc) is 2.27. The Morgan fingerprint density at radius 2 is 2.41 bits per heavy atom. The number of nitrogens with zero attached hydrogens (tertiary/aromatic N) is 4. The molecule has 1 aromatic rings.